The Hall–Kier alpha value is -3.62. The van der Waals surface area contributed by atoms with E-state index in [1.165, 1.54) is 30.5 Å². The van der Waals surface area contributed by atoms with E-state index in [0.29, 0.717) is 5.56 Å². The van der Waals surface area contributed by atoms with E-state index in [1.54, 1.807) is 13.0 Å². The predicted octanol–water partition coefficient (Wildman–Crippen LogP) is 1.84. The second kappa shape index (κ2) is 7.77. The number of nitro benzene ring substituents is 1. The van der Waals surface area contributed by atoms with E-state index in [2.05, 4.69) is 10.5 Å². The van der Waals surface area contributed by atoms with Crippen LogP contribution in [0.25, 0.3) is 0 Å². The minimum Gasteiger partial charge on any atom is -0.508 e. The van der Waals surface area contributed by atoms with Gasteiger partial charge in [-0.3, -0.25) is 14.9 Å². The summed E-state index contributed by atoms with van der Waals surface area (Å²) in [4.78, 5) is 22.0. The number of amides is 1. The molecule has 0 heterocycles. The first kappa shape index (κ1) is 17.7. The number of carbonyl (C=O) groups excluding carboxylic acids is 1. The topological polar surface area (TPSA) is 134 Å². The van der Waals surface area contributed by atoms with Crippen molar-refractivity contribution in [1.82, 2.24) is 5.43 Å². The van der Waals surface area contributed by atoms with E-state index in [9.17, 15) is 20.0 Å². The van der Waals surface area contributed by atoms with Crippen LogP contribution in [0.4, 0.5) is 5.69 Å². The number of phenols is 2. The van der Waals surface area contributed by atoms with Crippen molar-refractivity contribution in [3.8, 4) is 17.2 Å². The van der Waals surface area contributed by atoms with Gasteiger partial charge in [0.15, 0.2) is 12.4 Å². The van der Waals surface area contributed by atoms with Crippen LogP contribution in [0.5, 0.6) is 17.2 Å². The molecule has 0 unspecified atom stereocenters. The minimum absolute atomic E-state index is 0.0223. The largest absolute Gasteiger partial charge is 0.508 e. The zero-order valence-electron chi connectivity index (χ0n) is 13.2. The number of benzene rings is 2. The normalized spacial score (nSPS) is 10.6. The van der Waals surface area contributed by atoms with Crippen molar-refractivity contribution >= 4 is 17.8 Å². The van der Waals surface area contributed by atoms with Crippen LogP contribution in [-0.2, 0) is 4.79 Å². The maximum absolute atomic E-state index is 11.7. The summed E-state index contributed by atoms with van der Waals surface area (Å²) in [5, 5.41) is 33.3. The SMILES string of the molecule is Cc1ccc(OCC(=O)N/N=C/c2ccc(O)cc2O)c([N+](=O)[O-])c1. The standard InChI is InChI=1S/C16H15N3O6/c1-10-2-5-15(13(6-10)19(23)24)25-9-16(22)18-17-8-11-3-4-12(20)7-14(11)21/h2-8,20-21H,9H2,1H3,(H,18,22)/b17-8+. The number of nitro groups is 1. The fourth-order valence-electron chi connectivity index (χ4n) is 1.88. The molecule has 1 amide bonds. The van der Waals surface area contributed by atoms with E-state index in [-0.39, 0.29) is 28.5 Å². The van der Waals surface area contributed by atoms with Crippen LogP contribution < -0.4 is 10.2 Å². The Labute approximate surface area is 142 Å². The van der Waals surface area contributed by atoms with E-state index in [0.717, 1.165) is 6.07 Å². The first-order chi connectivity index (χ1) is 11.9. The van der Waals surface area contributed by atoms with Gasteiger partial charge >= 0.3 is 5.69 Å². The number of aryl methyl sites for hydroxylation is 1. The number of nitrogens with zero attached hydrogens (tertiary/aromatic N) is 2. The Morgan fingerprint density at radius 2 is 2.08 bits per heavy atom. The number of hydrogen-bond acceptors (Lipinski definition) is 7. The lowest BCUT2D eigenvalue weighted by atomic mass is 10.2. The summed E-state index contributed by atoms with van der Waals surface area (Å²) >= 11 is 0. The quantitative estimate of drug-likeness (QED) is 0.415. The van der Waals surface area contributed by atoms with Gasteiger partial charge in [0.2, 0.25) is 0 Å². The average Bonchev–Trinajstić information content (AvgIpc) is 2.55. The lowest BCUT2D eigenvalue weighted by Crippen LogP contribution is -2.24. The number of hydrazone groups is 1. The highest BCUT2D eigenvalue weighted by Gasteiger charge is 2.16. The molecule has 0 aliphatic heterocycles. The van der Waals surface area contributed by atoms with Crippen molar-refractivity contribution in [3.05, 3.63) is 57.6 Å². The summed E-state index contributed by atoms with van der Waals surface area (Å²) in [6, 6.07) is 8.28. The van der Waals surface area contributed by atoms with E-state index in [1.807, 2.05) is 0 Å². The maximum atomic E-state index is 11.7. The Kier molecular flexibility index (Phi) is 5.51. The Bertz CT molecular complexity index is 835. The summed E-state index contributed by atoms with van der Waals surface area (Å²) < 4.78 is 5.15. The van der Waals surface area contributed by atoms with Gasteiger partial charge in [0, 0.05) is 17.7 Å². The van der Waals surface area contributed by atoms with Gasteiger partial charge in [-0.15, -0.1) is 0 Å². The highest BCUT2D eigenvalue weighted by molar-refractivity contribution is 5.85. The maximum Gasteiger partial charge on any atom is 0.311 e. The van der Waals surface area contributed by atoms with Crippen LogP contribution in [0.3, 0.4) is 0 Å². The van der Waals surface area contributed by atoms with Gasteiger partial charge in [-0.25, -0.2) is 5.43 Å². The Balaban J connectivity index is 1.93. The summed E-state index contributed by atoms with van der Waals surface area (Å²) in [5.41, 5.74) is 2.92. The zero-order chi connectivity index (χ0) is 18.4. The van der Waals surface area contributed by atoms with Crippen molar-refractivity contribution in [2.45, 2.75) is 6.92 Å². The molecule has 0 aliphatic carbocycles. The van der Waals surface area contributed by atoms with Crippen LogP contribution in [0.2, 0.25) is 0 Å². The number of carbonyl (C=O) groups is 1. The van der Waals surface area contributed by atoms with Gasteiger partial charge in [0.1, 0.15) is 11.5 Å². The molecular weight excluding hydrogens is 330 g/mol. The zero-order valence-corrected chi connectivity index (χ0v) is 13.2. The molecule has 9 nitrogen and oxygen atoms in total. The number of aromatic hydroxyl groups is 2. The van der Waals surface area contributed by atoms with E-state index in [4.69, 9.17) is 9.84 Å². The van der Waals surface area contributed by atoms with Crippen molar-refractivity contribution in [1.29, 1.82) is 0 Å². The summed E-state index contributed by atoms with van der Waals surface area (Å²) in [5.74, 6) is -0.966. The van der Waals surface area contributed by atoms with Gasteiger partial charge in [0.05, 0.1) is 11.1 Å². The summed E-state index contributed by atoms with van der Waals surface area (Å²) in [7, 11) is 0. The molecule has 0 aromatic heterocycles. The molecule has 2 aromatic carbocycles. The van der Waals surface area contributed by atoms with Crippen molar-refractivity contribution in [2.24, 2.45) is 5.10 Å². The number of rotatable bonds is 6. The monoisotopic (exact) mass is 345 g/mol. The number of ether oxygens (including phenoxy) is 1. The third-order valence-corrected chi connectivity index (χ3v) is 3.08. The fourth-order valence-corrected chi connectivity index (χ4v) is 1.88. The molecular formula is C16H15N3O6. The smallest absolute Gasteiger partial charge is 0.311 e. The Morgan fingerprint density at radius 3 is 2.76 bits per heavy atom. The molecule has 2 rings (SSSR count). The average molecular weight is 345 g/mol. The molecule has 0 saturated heterocycles. The van der Waals surface area contributed by atoms with Crippen LogP contribution in [0.15, 0.2) is 41.5 Å². The highest BCUT2D eigenvalue weighted by atomic mass is 16.6. The predicted molar refractivity (Wildman–Crippen MR) is 88.8 cm³/mol. The molecule has 0 bridgehead atoms. The van der Waals surface area contributed by atoms with E-state index >= 15 is 0 Å². The molecule has 0 atom stereocenters. The summed E-state index contributed by atoms with van der Waals surface area (Å²) in [6.07, 6.45) is 1.18. The molecule has 3 N–H and O–H groups in total. The Morgan fingerprint density at radius 1 is 1.32 bits per heavy atom. The molecule has 0 spiro atoms. The summed E-state index contributed by atoms with van der Waals surface area (Å²) in [6.45, 7) is 1.24. The first-order valence-electron chi connectivity index (χ1n) is 7.08. The van der Waals surface area contributed by atoms with Crippen molar-refractivity contribution < 1.29 is 24.7 Å². The molecule has 130 valence electrons. The number of phenolic OH excluding ortho intramolecular Hbond substituents is 2. The third-order valence-electron chi connectivity index (χ3n) is 3.08. The van der Waals surface area contributed by atoms with Gasteiger partial charge in [-0.1, -0.05) is 6.07 Å². The lowest BCUT2D eigenvalue weighted by Gasteiger charge is -2.06. The second-order valence-electron chi connectivity index (χ2n) is 5.05. The first-order valence-corrected chi connectivity index (χ1v) is 7.08. The van der Waals surface area contributed by atoms with Crippen molar-refractivity contribution in [2.75, 3.05) is 6.61 Å². The molecule has 2 aromatic rings. The molecule has 9 heteroatoms. The van der Waals surface area contributed by atoms with Gasteiger partial charge in [0.25, 0.3) is 5.91 Å². The van der Waals surface area contributed by atoms with Gasteiger partial charge in [-0.05, 0) is 30.7 Å². The molecule has 0 radical (unpaired) electrons. The molecule has 25 heavy (non-hydrogen) atoms. The van der Waals surface area contributed by atoms with Gasteiger partial charge in [-0.2, -0.15) is 5.10 Å². The third kappa shape index (κ3) is 4.93. The lowest BCUT2D eigenvalue weighted by molar-refractivity contribution is -0.385. The van der Waals surface area contributed by atoms with Crippen LogP contribution in [0.1, 0.15) is 11.1 Å². The second-order valence-corrected chi connectivity index (χ2v) is 5.05. The van der Waals surface area contributed by atoms with Crippen LogP contribution in [-0.4, -0.2) is 33.9 Å². The minimum atomic E-state index is -0.635. The fraction of sp³-hybridized carbons (Fsp3) is 0.125. The molecule has 0 fully saturated rings. The van der Waals surface area contributed by atoms with Crippen LogP contribution >= 0.6 is 0 Å². The van der Waals surface area contributed by atoms with E-state index < -0.39 is 17.4 Å². The number of hydrogen-bond donors (Lipinski definition) is 3. The van der Waals surface area contributed by atoms with Crippen molar-refractivity contribution in [3.63, 3.8) is 0 Å². The molecule has 0 aliphatic rings. The highest BCUT2D eigenvalue weighted by Crippen LogP contribution is 2.27. The molecule has 0 saturated carbocycles. The van der Waals surface area contributed by atoms with Crippen LogP contribution in [0, 0.1) is 17.0 Å². The van der Waals surface area contributed by atoms with Gasteiger partial charge < -0.3 is 14.9 Å². The number of nitrogens with one attached hydrogen (secondary N) is 1.